The van der Waals surface area contributed by atoms with Gasteiger partial charge in [0.25, 0.3) is 0 Å². The molecule has 1 atom stereocenters. The van der Waals surface area contributed by atoms with Crippen molar-refractivity contribution >= 4 is 35.9 Å². The third kappa shape index (κ3) is 11.6. The number of hydrogen-bond acceptors (Lipinski definition) is 5. The Morgan fingerprint density at radius 1 is 0.810 bits per heavy atom. The molecule has 1 unspecified atom stereocenters. The standard InChI is InChI=1S/C13H24O6Se2/c14-13(15)12-11-18-5-9-20-7-3-16-1-2-17-4-8-21-10-6-19-12/h12H,1-11H2,(H,14,15). The van der Waals surface area contributed by atoms with Crippen LogP contribution in [0.15, 0.2) is 0 Å². The van der Waals surface area contributed by atoms with E-state index < -0.39 is 12.1 Å². The van der Waals surface area contributed by atoms with Gasteiger partial charge in [0.1, 0.15) is 0 Å². The molecule has 1 N–H and O–H groups in total. The minimum absolute atomic E-state index is 0.137. The first kappa shape index (κ1) is 19.4. The molecule has 0 aromatic heterocycles. The zero-order valence-electron chi connectivity index (χ0n) is 12.2. The van der Waals surface area contributed by atoms with Gasteiger partial charge in [0.2, 0.25) is 0 Å². The van der Waals surface area contributed by atoms with Crippen LogP contribution in [0.3, 0.4) is 0 Å². The first-order chi connectivity index (χ1) is 10.3. The van der Waals surface area contributed by atoms with Crippen LogP contribution < -0.4 is 0 Å². The van der Waals surface area contributed by atoms with Crippen LogP contribution in [0.25, 0.3) is 0 Å². The molecule has 0 spiro atoms. The van der Waals surface area contributed by atoms with Gasteiger partial charge < -0.3 is 0 Å². The number of carboxylic acids is 1. The Morgan fingerprint density at radius 2 is 1.33 bits per heavy atom. The van der Waals surface area contributed by atoms with E-state index in [0.29, 0.717) is 56.3 Å². The van der Waals surface area contributed by atoms with Gasteiger partial charge in [0.05, 0.1) is 0 Å². The van der Waals surface area contributed by atoms with E-state index in [2.05, 4.69) is 0 Å². The fourth-order valence-corrected chi connectivity index (χ4v) is 4.30. The SMILES string of the molecule is O=C(O)C1COCC[Se]CCOCCOCC[Se]CCO1. The van der Waals surface area contributed by atoms with Crippen LogP contribution in [0.2, 0.25) is 21.3 Å². The molecule has 0 amide bonds. The van der Waals surface area contributed by atoms with Crippen molar-refractivity contribution in [2.45, 2.75) is 27.4 Å². The second-order valence-electron chi connectivity index (χ2n) is 4.22. The van der Waals surface area contributed by atoms with Gasteiger partial charge in [-0.2, -0.15) is 0 Å². The number of rotatable bonds is 1. The zero-order chi connectivity index (χ0) is 15.2. The molecule has 0 saturated carbocycles. The fourth-order valence-electron chi connectivity index (χ4n) is 1.51. The summed E-state index contributed by atoms with van der Waals surface area (Å²) in [4.78, 5) is 11.0. The average molecular weight is 434 g/mol. The molecule has 0 bridgehead atoms. The normalized spacial score (nSPS) is 25.6. The van der Waals surface area contributed by atoms with E-state index >= 15 is 0 Å². The van der Waals surface area contributed by atoms with Crippen molar-refractivity contribution in [1.82, 2.24) is 0 Å². The second kappa shape index (κ2) is 14.0. The van der Waals surface area contributed by atoms with Crippen LogP contribution in [0.5, 0.6) is 0 Å². The quantitative estimate of drug-likeness (QED) is 0.610. The summed E-state index contributed by atoms with van der Waals surface area (Å²) in [6, 6.07) is 0. The van der Waals surface area contributed by atoms with Crippen molar-refractivity contribution in [3.8, 4) is 0 Å². The molecule has 1 fully saturated rings. The summed E-state index contributed by atoms with van der Waals surface area (Å²) in [5.74, 6) is -0.945. The first-order valence-corrected chi connectivity index (χ1v) is 11.9. The van der Waals surface area contributed by atoms with Crippen LogP contribution >= 0.6 is 0 Å². The van der Waals surface area contributed by atoms with Gasteiger partial charge in [-0.15, -0.1) is 0 Å². The van der Waals surface area contributed by atoms with E-state index in [9.17, 15) is 4.79 Å². The van der Waals surface area contributed by atoms with Gasteiger partial charge in [-0.25, -0.2) is 0 Å². The molecule has 1 heterocycles. The Labute approximate surface area is 138 Å². The third-order valence-corrected chi connectivity index (χ3v) is 6.40. The van der Waals surface area contributed by atoms with Gasteiger partial charge in [-0.1, -0.05) is 0 Å². The third-order valence-electron chi connectivity index (χ3n) is 2.58. The Kier molecular flexibility index (Phi) is 12.9. The monoisotopic (exact) mass is 436 g/mol. The summed E-state index contributed by atoms with van der Waals surface area (Å²) < 4.78 is 21.8. The predicted octanol–water partition coefficient (Wildman–Crippen LogP) is 0.601. The zero-order valence-corrected chi connectivity index (χ0v) is 15.6. The van der Waals surface area contributed by atoms with Crippen LogP contribution in [0.4, 0.5) is 0 Å². The molecule has 0 aromatic carbocycles. The van der Waals surface area contributed by atoms with Crippen molar-refractivity contribution in [1.29, 1.82) is 0 Å². The average Bonchev–Trinajstić information content (AvgIpc) is 2.47. The number of carbonyl (C=O) groups is 1. The Hall–Kier alpha value is 0.349. The summed E-state index contributed by atoms with van der Waals surface area (Å²) in [6.07, 6.45) is -0.841. The van der Waals surface area contributed by atoms with Crippen molar-refractivity contribution in [3.05, 3.63) is 0 Å². The molecular formula is C13H24O6Se2. The van der Waals surface area contributed by atoms with Crippen molar-refractivity contribution in [2.75, 3.05) is 46.2 Å². The van der Waals surface area contributed by atoms with E-state index in [-0.39, 0.29) is 6.61 Å². The van der Waals surface area contributed by atoms with Crippen LogP contribution in [0.1, 0.15) is 0 Å². The first-order valence-electron chi connectivity index (χ1n) is 7.04. The predicted molar refractivity (Wildman–Crippen MR) is 80.6 cm³/mol. The van der Waals surface area contributed by atoms with Gasteiger partial charge in [0, 0.05) is 0 Å². The van der Waals surface area contributed by atoms with E-state index in [1.165, 1.54) is 0 Å². The Morgan fingerprint density at radius 3 is 1.90 bits per heavy atom. The molecule has 0 aliphatic carbocycles. The molecular weight excluding hydrogens is 410 g/mol. The summed E-state index contributed by atoms with van der Waals surface area (Å²) in [7, 11) is 0. The number of carboxylic acid groups (broad SMARTS) is 1. The van der Waals surface area contributed by atoms with Gasteiger partial charge in [-0.05, 0) is 0 Å². The molecule has 124 valence electrons. The molecule has 0 radical (unpaired) electrons. The number of hydrogen-bond donors (Lipinski definition) is 1. The molecule has 1 rings (SSSR count). The van der Waals surface area contributed by atoms with E-state index in [1.54, 1.807) is 0 Å². The summed E-state index contributed by atoms with van der Waals surface area (Å²) in [6.45, 7) is 4.06. The molecule has 8 heteroatoms. The molecule has 6 nitrogen and oxygen atoms in total. The maximum atomic E-state index is 11.0. The summed E-state index contributed by atoms with van der Waals surface area (Å²) >= 11 is 0.910. The van der Waals surface area contributed by atoms with Crippen molar-refractivity contribution < 1.29 is 28.8 Å². The van der Waals surface area contributed by atoms with Crippen LogP contribution in [0, 0.1) is 0 Å². The van der Waals surface area contributed by atoms with Crippen molar-refractivity contribution in [3.63, 3.8) is 0 Å². The van der Waals surface area contributed by atoms with Gasteiger partial charge in [0.15, 0.2) is 0 Å². The Bertz CT molecular complexity index is 249. The topological polar surface area (TPSA) is 74.2 Å². The molecule has 21 heavy (non-hydrogen) atoms. The van der Waals surface area contributed by atoms with E-state index in [4.69, 9.17) is 24.1 Å². The fraction of sp³-hybridized carbons (Fsp3) is 0.923. The van der Waals surface area contributed by atoms with Crippen LogP contribution in [-0.4, -0.2) is 93.3 Å². The maximum absolute atomic E-state index is 11.0. The Balaban J connectivity index is 2.23. The van der Waals surface area contributed by atoms with Gasteiger partial charge in [-0.3, -0.25) is 0 Å². The molecule has 1 aliphatic rings. The van der Waals surface area contributed by atoms with Crippen molar-refractivity contribution in [2.24, 2.45) is 0 Å². The minimum atomic E-state index is -0.945. The molecule has 0 aromatic rings. The van der Waals surface area contributed by atoms with E-state index in [1.807, 2.05) is 0 Å². The number of aliphatic carboxylic acids is 1. The molecule has 1 saturated heterocycles. The summed E-state index contributed by atoms with van der Waals surface area (Å²) in [5, 5.41) is 13.0. The van der Waals surface area contributed by atoms with Crippen LogP contribution in [-0.2, 0) is 23.7 Å². The number of ether oxygens (including phenoxy) is 4. The second-order valence-corrected chi connectivity index (χ2v) is 9.36. The molecule has 1 aliphatic heterocycles. The van der Waals surface area contributed by atoms with E-state index in [0.717, 1.165) is 34.5 Å². The van der Waals surface area contributed by atoms with Gasteiger partial charge >= 0.3 is 138 Å². The summed E-state index contributed by atoms with van der Waals surface area (Å²) in [5.41, 5.74) is 0.